The number of rotatable bonds is 9. The lowest BCUT2D eigenvalue weighted by Gasteiger charge is -2.23. The molecule has 2 rings (SSSR count). The fourth-order valence-electron chi connectivity index (χ4n) is 2.73. The number of carboxylic acids is 1. The average Bonchev–Trinajstić information content (AvgIpc) is 3.07. The maximum atomic E-state index is 12.7. The normalized spacial score (nSPS) is 15.4. The molecule has 2 amide bonds. The zero-order valence-corrected chi connectivity index (χ0v) is 16.1. The molecular weight excluding hydrogens is 384 g/mol. The van der Waals surface area contributed by atoms with Crippen LogP contribution in [0.3, 0.4) is 0 Å². The van der Waals surface area contributed by atoms with E-state index in [4.69, 9.17) is 5.73 Å². The van der Waals surface area contributed by atoms with Crippen molar-refractivity contribution in [3.8, 4) is 0 Å². The van der Waals surface area contributed by atoms with Crippen LogP contribution in [0, 0.1) is 0 Å². The predicted molar refractivity (Wildman–Crippen MR) is 107 cm³/mol. The molecule has 0 saturated carbocycles. The van der Waals surface area contributed by atoms with Gasteiger partial charge in [-0.3, -0.25) is 9.59 Å². The van der Waals surface area contributed by atoms with Crippen molar-refractivity contribution in [2.24, 2.45) is 5.73 Å². The Balaban J connectivity index is 2.26. The number of nitrogens with two attached hydrogens (primary N) is 1. The lowest BCUT2D eigenvalue weighted by atomic mass is 10.0. The molecule has 1 aromatic heterocycles. The predicted octanol–water partition coefficient (Wildman–Crippen LogP) is -0.597. The number of amides is 2. The summed E-state index contributed by atoms with van der Waals surface area (Å²) < 4.78 is 0. The van der Waals surface area contributed by atoms with Crippen molar-refractivity contribution < 1.29 is 24.6 Å². The Kier molecular flexibility index (Phi) is 7.44. The summed E-state index contributed by atoms with van der Waals surface area (Å²) in [6, 6.07) is 3.93. The van der Waals surface area contributed by atoms with Crippen molar-refractivity contribution >= 4 is 41.3 Å². The van der Waals surface area contributed by atoms with Gasteiger partial charge < -0.3 is 31.6 Å². The smallest absolute Gasteiger partial charge is 0.328 e. The number of aliphatic hydroxyl groups excluding tert-OH is 1. The molecule has 152 valence electrons. The van der Waals surface area contributed by atoms with E-state index in [0.29, 0.717) is 0 Å². The summed E-state index contributed by atoms with van der Waals surface area (Å²) >= 11 is 3.97. The summed E-state index contributed by atoms with van der Waals surface area (Å²) in [5.41, 5.74) is 7.29. The lowest BCUT2D eigenvalue weighted by Crippen LogP contribution is -2.57. The number of aromatic nitrogens is 1. The molecule has 0 bridgehead atoms. The Morgan fingerprint density at radius 3 is 2.50 bits per heavy atom. The number of nitrogens with one attached hydrogen (secondary N) is 3. The number of hydrogen-bond acceptors (Lipinski definition) is 6. The standard InChI is InChI=1S/C18H24N4O5S/c1-9(23)15(18(26)27)22-17(25)14(21-16(24)12(19)8-28)6-10-7-20-13-5-3-2-4-11(10)13/h2-5,7,9,12,14-15,20,23,28H,6,8,19H2,1H3,(H,21,24)(H,22,25)(H,26,27)/t9-,12+,14+,15+/m1/s1. The summed E-state index contributed by atoms with van der Waals surface area (Å²) in [6.07, 6.45) is 0.511. The Bertz CT molecular complexity index is 853. The van der Waals surface area contributed by atoms with Gasteiger partial charge in [-0.1, -0.05) is 18.2 Å². The third-order valence-corrected chi connectivity index (χ3v) is 4.71. The Morgan fingerprint density at radius 1 is 1.21 bits per heavy atom. The Hall–Kier alpha value is -2.56. The Labute approximate surface area is 167 Å². The number of carbonyl (C=O) groups is 3. The van der Waals surface area contributed by atoms with E-state index >= 15 is 0 Å². The van der Waals surface area contributed by atoms with Gasteiger partial charge in [-0.05, 0) is 18.6 Å². The maximum Gasteiger partial charge on any atom is 0.328 e. The third kappa shape index (κ3) is 5.24. The van der Waals surface area contributed by atoms with Crippen LogP contribution in [-0.2, 0) is 20.8 Å². The molecule has 9 nitrogen and oxygen atoms in total. The van der Waals surface area contributed by atoms with E-state index in [0.717, 1.165) is 16.5 Å². The molecular formula is C18H24N4O5S. The van der Waals surface area contributed by atoms with Gasteiger partial charge in [-0.25, -0.2) is 4.79 Å². The molecule has 1 aromatic carbocycles. The van der Waals surface area contributed by atoms with E-state index < -0.39 is 42.0 Å². The molecule has 28 heavy (non-hydrogen) atoms. The van der Waals surface area contributed by atoms with Gasteiger partial charge in [0.25, 0.3) is 0 Å². The summed E-state index contributed by atoms with van der Waals surface area (Å²) in [6.45, 7) is 1.25. The van der Waals surface area contributed by atoms with Gasteiger partial charge in [0.15, 0.2) is 6.04 Å². The highest BCUT2D eigenvalue weighted by Crippen LogP contribution is 2.19. The number of para-hydroxylation sites is 1. The minimum atomic E-state index is -1.51. The highest BCUT2D eigenvalue weighted by Gasteiger charge is 2.30. The molecule has 2 aromatic rings. The second-order valence-corrected chi connectivity index (χ2v) is 6.84. The third-order valence-electron chi connectivity index (χ3n) is 4.31. The fraction of sp³-hybridized carbons (Fsp3) is 0.389. The van der Waals surface area contributed by atoms with Crippen LogP contribution in [0.25, 0.3) is 10.9 Å². The molecule has 0 aliphatic carbocycles. The van der Waals surface area contributed by atoms with Crippen LogP contribution in [0.5, 0.6) is 0 Å². The first-order valence-electron chi connectivity index (χ1n) is 8.67. The molecule has 0 aliphatic heterocycles. The van der Waals surface area contributed by atoms with Crippen LogP contribution in [0.15, 0.2) is 30.5 Å². The van der Waals surface area contributed by atoms with Crippen LogP contribution in [-0.4, -0.2) is 63.0 Å². The molecule has 1 heterocycles. The number of thiol groups is 1. The van der Waals surface area contributed by atoms with Gasteiger partial charge in [0.05, 0.1) is 12.1 Å². The van der Waals surface area contributed by atoms with Crippen molar-refractivity contribution in [1.29, 1.82) is 0 Å². The van der Waals surface area contributed by atoms with Gasteiger partial charge in [-0.15, -0.1) is 0 Å². The number of carboxylic acid groups (broad SMARTS) is 1. The Morgan fingerprint density at radius 2 is 1.89 bits per heavy atom. The van der Waals surface area contributed by atoms with Crippen LogP contribution < -0.4 is 16.4 Å². The summed E-state index contributed by atoms with van der Waals surface area (Å²) in [7, 11) is 0. The highest BCUT2D eigenvalue weighted by molar-refractivity contribution is 7.80. The average molecular weight is 408 g/mol. The first-order valence-corrected chi connectivity index (χ1v) is 9.31. The number of H-pyrrole nitrogens is 1. The largest absolute Gasteiger partial charge is 0.480 e. The molecule has 10 heteroatoms. The molecule has 0 unspecified atom stereocenters. The van der Waals surface area contributed by atoms with Gasteiger partial charge >= 0.3 is 5.97 Å². The first-order chi connectivity index (χ1) is 13.2. The molecule has 0 radical (unpaired) electrons. The summed E-state index contributed by atoms with van der Waals surface area (Å²) in [5, 5.41) is 24.5. The number of hydrogen-bond donors (Lipinski definition) is 7. The molecule has 0 spiro atoms. The number of aliphatic carboxylic acids is 1. The van der Waals surface area contributed by atoms with E-state index in [9.17, 15) is 24.6 Å². The van der Waals surface area contributed by atoms with E-state index in [1.165, 1.54) is 6.92 Å². The van der Waals surface area contributed by atoms with Crippen LogP contribution in [0.1, 0.15) is 12.5 Å². The quantitative estimate of drug-likeness (QED) is 0.275. The topological polar surface area (TPSA) is 158 Å². The van der Waals surface area contributed by atoms with Crippen molar-refractivity contribution in [3.05, 3.63) is 36.0 Å². The summed E-state index contributed by atoms with van der Waals surface area (Å²) in [5.74, 6) is -2.62. The fourth-order valence-corrected chi connectivity index (χ4v) is 2.90. The van der Waals surface area contributed by atoms with Crippen molar-refractivity contribution in [3.63, 3.8) is 0 Å². The first kappa shape index (κ1) is 21.7. The van der Waals surface area contributed by atoms with E-state index in [-0.39, 0.29) is 12.2 Å². The number of fused-ring (bicyclic) bond motifs is 1. The van der Waals surface area contributed by atoms with Crippen molar-refractivity contribution in [2.45, 2.75) is 37.6 Å². The monoisotopic (exact) mass is 408 g/mol. The van der Waals surface area contributed by atoms with Crippen molar-refractivity contribution in [1.82, 2.24) is 15.6 Å². The molecule has 7 N–H and O–H groups in total. The van der Waals surface area contributed by atoms with Gasteiger partial charge in [0.2, 0.25) is 11.8 Å². The highest BCUT2D eigenvalue weighted by atomic mass is 32.1. The number of carbonyl (C=O) groups excluding carboxylic acids is 2. The second kappa shape index (κ2) is 9.58. The van der Waals surface area contributed by atoms with Gasteiger partial charge in [-0.2, -0.15) is 12.6 Å². The zero-order chi connectivity index (χ0) is 20.8. The van der Waals surface area contributed by atoms with E-state index in [2.05, 4.69) is 28.2 Å². The molecule has 0 aliphatic rings. The van der Waals surface area contributed by atoms with Gasteiger partial charge in [0.1, 0.15) is 6.04 Å². The molecule has 0 fully saturated rings. The van der Waals surface area contributed by atoms with Crippen LogP contribution in [0.4, 0.5) is 0 Å². The maximum absolute atomic E-state index is 12.7. The number of benzene rings is 1. The molecule has 0 saturated heterocycles. The second-order valence-electron chi connectivity index (χ2n) is 6.48. The van der Waals surface area contributed by atoms with E-state index in [1.54, 1.807) is 6.20 Å². The number of aromatic amines is 1. The molecule has 4 atom stereocenters. The van der Waals surface area contributed by atoms with Crippen molar-refractivity contribution in [2.75, 3.05) is 5.75 Å². The summed E-state index contributed by atoms with van der Waals surface area (Å²) in [4.78, 5) is 39.2. The van der Waals surface area contributed by atoms with Crippen LogP contribution in [0.2, 0.25) is 0 Å². The SMILES string of the molecule is C[C@@H](O)[C@H](NC(=O)[C@H](Cc1c[nH]c2ccccc12)NC(=O)[C@@H](N)CS)C(=O)O. The minimum Gasteiger partial charge on any atom is -0.480 e. The minimum absolute atomic E-state index is 0.0820. The lowest BCUT2D eigenvalue weighted by molar-refractivity contribution is -0.145. The zero-order valence-electron chi connectivity index (χ0n) is 15.3. The van der Waals surface area contributed by atoms with E-state index in [1.807, 2.05) is 24.3 Å². The van der Waals surface area contributed by atoms with Crippen LogP contribution >= 0.6 is 12.6 Å². The van der Waals surface area contributed by atoms with Gasteiger partial charge in [0, 0.05) is 29.3 Å². The number of aliphatic hydroxyl groups is 1.